The number of rotatable bonds is 5. The van der Waals surface area contributed by atoms with Crippen LogP contribution >= 0.6 is 15.9 Å². The van der Waals surface area contributed by atoms with Crippen LogP contribution in [0.1, 0.15) is 25.7 Å². The Bertz CT molecular complexity index is 473. The number of aliphatic hydroxyl groups excluding tert-OH is 1. The molecule has 0 heterocycles. The molecule has 1 aromatic rings. The number of benzene rings is 1. The van der Waals surface area contributed by atoms with Gasteiger partial charge in [0, 0.05) is 22.5 Å². The van der Waals surface area contributed by atoms with Gasteiger partial charge in [-0.3, -0.25) is 10.1 Å². The first-order valence-corrected chi connectivity index (χ1v) is 7.14. The van der Waals surface area contributed by atoms with Gasteiger partial charge in [0.2, 0.25) is 0 Å². The molecule has 1 saturated carbocycles. The zero-order valence-corrected chi connectivity index (χ0v) is 12.1. The van der Waals surface area contributed by atoms with Gasteiger partial charge in [-0.05, 0) is 25.0 Å². The number of hydrogen-bond acceptors (Lipinski definition) is 4. The number of halogens is 1. The number of nitrogens with zero attached hydrogens (tertiary/aromatic N) is 1. The molecule has 1 aromatic carbocycles. The lowest BCUT2D eigenvalue weighted by Gasteiger charge is -2.27. The van der Waals surface area contributed by atoms with Crippen LogP contribution in [-0.4, -0.2) is 23.2 Å². The zero-order chi connectivity index (χ0) is 13.9. The fraction of sp³-hybridized carbons (Fsp3) is 0.538. The van der Waals surface area contributed by atoms with E-state index in [4.69, 9.17) is 0 Å². The van der Waals surface area contributed by atoms with Crippen molar-refractivity contribution in [3.05, 3.63) is 32.8 Å². The molecule has 104 valence electrons. The Kier molecular flexibility index (Phi) is 4.42. The molecule has 0 spiro atoms. The van der Waals surface area contributed by atoms with Gasteiger partial charge in [-0.1, -0.05) is 28.8 Å². The molecule has 0 saturated heterocycles. The fourth-order valence-electron chi connectivity index (χ4n) is 2.61. The second-order valence-electron chi connectivity index (χ2n) is 5.14. The summed E-state index contributed by atoms with van der Waals surface area (Å²) >= 11 is 3.32. The Labute approximate surface area is 120 Å². The second kappa shape index (κ2) is 5.88. The maximum atomic E-state index is 11.0. The summed E-state index contributed by atoms with van der Waals surface area (Å²) in [6.45, 7) is 0.697. The molecule has 0 unspecified atom stereocenters. The normalized spacial score (nSPS) is 17.4. The number of hydrogen-bond donors (Lipinski definition) is 2. The third kappa shape index (κ3) is 3.25. The first-order valence-electron chi connectivity index (χ1n) is 6.35. The fourth-order valence-corrected chi connectivity index (χ4v) is 2.97. The van der Waals surface area contributed by atoms with Crippen LogP contribution in [0.15, 0.2) is 22.7 Å². The molecule has 6 heteroatoms. The first-order chi connectivity index (χ1) is 9.06. The minimum atomic E-state index is -0.394. The van der Waals surface area contributed by atoms with Gasteiger partial charge in [0.25, 0.3) is 5.69 Å². The van der Waals surface area contributed by atoms with Crippen molar-refractivity contribution >= 4 is 27.3 Å². The summed E-state index contributed by atoms with van der Waals surface area (Å²) in [6.07, 6.45) is 4.17. The molecule has 1 aliphatic rings. The van der Waals surface area contributed by atoms with Crippen LogP contribution in [-0.2, 0) is 0 Å². The van der Waals surface area contributed by atoms with Gasteiger partial charge in [0.1, 0.15) is 5.69 Å². The molecule has 2 rings (SSSR count). The second-order valence-corrected chi connectivity index (χ2v) is 6.05. The molecular weight excluding hydrogens is 312 g/mol. The Hall–Kier alpha value is -1.14. The summed E-state index contributed by atoms with van der Waals surface area (Å²) in [7, 11) is 0. The smallest absolute Gasteiger partial charge is 0.292 e. The Morgan fingerprint density at radius 1 is 1.42 bits per heavy atom. The molecule has 0 radical (unpaired) electrons. The van der Waals surface area contributed by atoms with Crippen LogP contribution in [0.25, 0.3) is 0 Å². The van der Waals surface area contributed by atoms with Gasteiger partial charge < -0.3 is 10.4 Å². The average Bonchev–Trinajstić information content (AvgIpc) is 2.85. The van der Waals surface area contributed by atoms with E-state index >= 15 is 0 Å². The molecule has 0 aliphatic heterocycles. The van der Waals surface area contributed by atoms with E-state index < -0.39 is 4.92 Å². The van der Waals surface area contributed by atoms with Gasteiger partial charge in [0.05, 0.1) is 11.5 Å². The van der Waals surface area contributed by atoms with Gasteiger partial charge in [0.15, 0.2) is 0 Å². The Morgan fingerprint density at radius 2 is 2.11 bits per heavy atom. The van der Waals surface area contributed by atoms with E-state index in [1.165, 1.54) is 6.07 Å². The summed E-state index contributed by atoms with van der Waals surface area (Å²) in [5.74, 6) is 0. The van der Waals surface area contributed by atoms with Crippen LogP contribution in [0, 0.1) is 15.5 Å². The van der Waals surface area contributed by atoms with Gasteiger partial charge >= 0.3 is 0 Å². The summed E-state index contributed by atoms with van der Waals surface area (Å²) in [4.78, 5) is 10.6. The van der Waals surface area contributed by atoms with Gasteiger partial charge in [-0.25, -0.2) is 0 Å². The van der Waals surface area contributed by atoms with Crippen LogP contribution in [0.5, 0.6) is 0 Å². The summed E-state index contributed by atoms with van der Waals surface area (Å²) in [5.41, 5.74) is 0.435. The lowest BCUT2D eigenvalue weighted by atomic mass is 9.87. The van der Waals surface area contributed by atoms with Gasteiger partial charge in [-0.2, -0.15) is 0 Å². The predicted octanol–water partition coefficient (Wildman–Crippen LogP) is 3.32. The van der Waals surface area contributed by atoms with Crippen LogP contribution in [0.2, 0.25) is 0 Å². The van der Waals surface area contributed by atoms with E-state index in [-0.39, 0.29) is 17.7 Å². The molecule has 19 heavy (non-hydrogen) atoms. The highest BCUT2D eigenvalue weighted by atomic mass is 79.9. The lowest BCUT2D eigenvalue weighted by molar-refractivity contribution is -0.384. The number of anilines is 1. The highest BCUT2D eigenvalue weighted by molar-refractivity contribution is 9.10. The summed E-state index contributed by atoms with van der Waals surface area (Å²) in [6, 6.07) is 4.84. The van der Waals surface area contributed by atoms with Crippen LogP contribution < -0.4 is 5.32 Å². The first kappa shape index (κ1) is 14.3. The number of nitro groups is 1. The molecule has 1 fully saturated rings. The molecule has 0 aromatic heterocycles. The predicted molar refractivity (Wildman–Crippen MR) is 77.3 cm³/mol. The quantitative estimate of drug-likeness (QED) is 0.642. The molecule has 5 nitrogen and oxygen atoms in total. The zero-order valence-electron chi connectivity index (χ0n) is 10.6. The molecule has 0 atom stereocenters. The monoisotopic (exact) mass is 328 g/mol. The lowest BCUT2D eigenvalue weighted by Crippen LogP contribution is -2.30. The molecular formula is C13H17BrN2O3. The summed E-state index contributed by atoms with van der Waals surface area (Å²) < 4.78 is 0.796. The van der Waals surface area contributed by atoms with Crippen molar-refractivity contribution < 1.29 is 10.0 Å². The van der Waals surface area contributed by atoms with Crippen molar-refractivity contribution in [2.24, 2.45) is 5.41 Å². The Morgan fingerprint density at radius 3 is 2.68 bits per heavy atom. The minimum absolute atomic E-state index is 0.0642. The van der Waals surface area contributed by atoms with Crippen LogP contribution in [0.4, 0.5) is 11.4 Å². The van der Waals surface area contributed by atoms with E-state index in [9.17, 15) is 15.2 Å². The van der Waals surface area contributed by atoms with E-state index in [1.807, 2.05) is 0 Å². The summed E-state index contributed by atoms with van der Waals surface area (Å²) in [5, 5.41) is 23.7. The van der Waals surface area contributed by atoms with Gasteiger partial charge in [-0.15, -0.1) is 0 Å². The van der Waals surface area contributed by atoms with Crippen LogP contribution in [0.3, 0.4) is 0 Å². The maximum absolute atomic E-state index is 11.0. The van der Waals surface area contributed by atoms with Crippen molar-refractivity contribution in [3.8, 4) is 0 Å². The van der Waals surface area contributed by atoms with E-state index in [2.05, 4.69) is 21.2 Å². The SMILES string of the molecule is O=[N+]([O-])c1ccc(Br)cc1NCC1(CO)CCCC1. The average molecular weight is 329 g/mol. The maximum Gasteiger partial charge on any atom is 0.292 e. The highest BCUT2D eigenvalue weighted by Crippen LogP contribution is 2.38. The van der Waals surface area contributed by atoms with Crippen molar-refractivity contribution in [2.45, 2.75) is 25.7 Å². The third-order valence-corrected chi connectivity index (χ3v) is 4.30. The Balaban J connectivity index is 2.14. The molecule has 2 N–H and O–H groups in total. The van der Waals surface area contributed by atoms with Crippen molar-refractivity contribution in [2.75, 3.05) is 18.5 Å². The number of nitro benzene ring substituents is 1. The molecule has 0 bridgehead atoms. The number of nitrogens with one attached hydrogen (secondary N) is 1. The van der Waals surface area contributed by atoms with Crippen molar-refractivity contribution in [1.29, 1.82) is 0 Å². The third-order valence-electron chi connectivity index (χ3n) is 3.81. The largest absolute Gasteiger partial charge is 0.396 e. The minimum Gasteiger partial charge on any atom is -0.396 e. The topological polar surface area (TPSA) is 75.4 Å². The van der Waals surface area contributed by atoms with E-state index in [1.54, 1.807) is 12.1 Å². The van der Waals surface area contributed by atoms with E-state index in [0.29, 0.717) is 12.2 Å². The van der Waals surface area contributed by atoms with Crippen molar-refractivity contribution in [1.82, 2.24) is 0 Å². The molecule has 0 amide bonds. The standard InChI is InChI=1S/C13H17BrN2O3/c14-10-3-4-12(16(18)19)11(7-10)15-8-13(9-17)5-1-2-6-13/h3-4,7,15,17H,1-2,5-6,8-9H2. The molecule has 1 aliphatic carbocycles. The van der Waals surface area contributed by atoms with Crippen molar-refractivity contribution in [3.63, 3.8) is 0 Å². The number of aliphatic hydroxyl groups is 1. The highest BCUT2D eigenvalue weighted by Gasteiger charge is 2.33. The van der Waals surface area contributed by atoms with E-state index in [0.717, 1.165) is 30.2 Å².